The van der Waals surface area contributed by atoms with Gasteiger partial charge in [0.25, 0.3) is 0 Å². The maximum atomic E-state index is 12.4. The van der Waals surface area contributed by atoms with E-state index >= 15 is 0 Å². The molecule has 0 aliphatic carbocycles. The number of aromatic nitrogens is 3. The summed E-state index contributed by atoms with van der Waals surface area (Å²) in [6.45, 7) is 5.63. The molecule has 140 valence electrons. The van der Waals surface area contributed by atoms with Crippen LogP contribution in [0.25, 0.3) is 0 Å². The fraction of sp³-hybridized carbons (Fsp3) is 0.833. The van der Waals surface area contributed by atoms with Crippen molar-refractivity contribution in [1.29, 1.82) is 0 Å². The van der Waals surface area contributed by atoms with Crippen LogP contribution in [0.3, 0.4) is 0 Å². The van der Waals surface area contributed by atoms with Crippen LogP contribution in [0.2, 0.25) is 0 Å². The first kappa shape index (κ1) is 18.2. The van der Waals surface area contributed by atoms with E-state index in [1.54, 1.807) is 4.57 Å². The fourth-order valence-electron chi connectivity index (χ4n) is 4.08. The van der Waals surface area contributed by atoms with Crippen molar-refractivity contribution in [3.63, 3.8) is 0 Å². The summed E-state index contributed by atoms with van der Waals surface area (Å²) in [4.78, 5) is 27.1. The molecule has 3 rings (SSSR count). The van der Waals surface area contributed by atoms with Gasteiger partial charge in [-0.05, 0) is 38.6 Å². The third-order valence-corrected chi connectivity index (χ3v) is 5.52. The van der Waals surface area contributed by atoms with Crippen LogP contribution in [0.1, 0.15) is 57.7 Å². The summed E-state index contributed by atoms with van der Waals surface area (Å²) in [5.41, 5.74) is -0.144. The minimum atomic E-state index is -0.144. The number of nitrogens with zero attached hydrogens (tertiary/aromatic N) is 4. The fourth-order valence-corrected chi connectivity index (χ4v) is 4.08. The van der Waals surface area contributed by atoms with Crippen molar-refractivity contribution < 1.29 is 4.79 Å². The van der Waals surface area contributed by atoms with Crippen molar-refractivity contribution in [2.45, 2.75) is 77.4 Å². The van der Waals surface area contributed by atoms with Crippen LogP contribution >= 0.6 is 0 Å². The Kier molecular flexibility index (Phi) is 6.29. The van der Waals surface area contributed by atoms with Crippen LogP contribution in [0, 0.1) is 0 Å². The molecule has 7 nitrogen and oxygen atoms in total. The molecule has 25 heavy (non-hydrogen) atoms. The Morgan fingerprint density at radius 3 is 2.88 bits per heavy atom. The predicted molar refractivity (Wildman–Crippen MR) is 96.6 cm³/mol. The first-order valence-electron chi connectivity index (χ1n) is 9.86. The van der Waals surface area contributed by atoms with Crippen LogP contribution in [-0.4, -0.2) is 50.8 Å². The third-order valence-electron chi connectivity index (χ3n) is 5.52. The number of nitrogens with one attached hydrogen (secondary N) is 1. The van der Waals surface area contributed by atoms with E-state index in [1.165, 1.54) is 30.4 Å². The molecular weight excluding hydrogens is 318 g/mol. The van der Waals surface area contributed by atoms with Crippen LogP contribution in [0.5, 0.6) is 0 Å². The van der Waals surface area contributed by atoms with Gasteiger partial charge in [-0.25, -0.2) is 9.48 Å². The van der Waals surface area contributed by atoms with Gasteiger partial charge >= 0.3 is 5.69 Å². The zero-order chi connectivity index (χ0) is 17.6. The normalized spacial score (nSPS) is 21.6. The van der Waals surface area contributed by atoms with Crippen molar-refractivity contribution >= 4 is 5.91 Å². The molecule has 1 atom stereocenters. The minimum absolute atomic E-state index is 0.0238. The molecular formula is C18H31N5O2. The summed E-state index contributed by atoms with van der Waals surface area (Å²) in [5.74, 6) is 0.704. The number of piperidine rings is 1. The molecule has 1 saturated heterocycles. The van der Waals surface area contributed by atoms with E-state index in [-0.39, 0.29) is 18.1 Å². The van der Waals surface area contributed by atoms with E-state index < -0.39 is 0 Å². The molecule has 1 aromatic heterocycles. The Bertz CT molecular complexity index is 636. The molecule has 0 spiro atoms. The summed E-state index contributed by atoms with van der Waals surface area (Å²) < 4.78 is 3.06. The SMILES string of the molecule is CC[C@H]1CCCCN1CCNC(=O)Cn1nc2n(c1=O)CCCCC2. The van der Waals surface area contributed by atoms with Gasteiger partial charge in [-0.3, -0.25) is 14.3 Å². The van der Waals surface area contributed by atoms with Gasteiger partial charge in [0.05, 0.1) is 0 Å². The Hall–Kier alpha value is -1.63. The second-order valence-corrected chi connectivity index (χ2v) is 7.26. The molecule has 1 fully saturated rings. The first-order valence-corrected chi connectivity index (χ1v) is 9.86. The Morgan fingerprint density at radius 2 is 2.04 bits per heavy atom. The van der Waals surface area contributed by atoms with E-state index in [2.05, 4.69) is 22.2 Å². The molecule has 7 heteroatoms. The van der Waals surface area contributed by atoms with E-state index in [0.717, 1.165) is 51.1 Å². The number of rotatable bonds is 6. The summed E-state index contributed by atoms with van der Waals surface area (Å²) in [7, 11) is 0. The number of amides is 1. The monoisotopic (exact) mass is 349 g/mol. The maximum absolute atomic E-state index is 12.4. The van der Waals surface area contributed by atoms with E-state index in [9.17, 15) is 9.59 Å². The Balaban J connectivity index is 1.49. The van der Waals surface area contributed by atoms with Gasteiger partial charge < -0.3 is 5.32 Å². The van der Waals surface area contributed by atoms with Crippen LogP contribution < -0.4 is 11.0 Å². The summed E-state index contributed by atoms with van der Waals surface area (Å²) in [5, 5.41) is 7.32. The van der Waals surface area contributed by atoms with Gasteiger partial charge in [-0.15, -0.1) is 0 Å². The van der Waals surface area contributed by atoms with Crippen molar-refractivity contribution in [1.82, 2.24) is 24.6 Å². The number of aryl methyl sites for hydroxylation is 1. The van der Waals surface area contributed by atoms with E-state index in [0.29, 0.717) is 12.6 Å². The van der Waals surface area contributed by atoms with Crippen molar-refractivity contribution in [3.05, 3.63) is 16.3 Å². The Morgan fingerprint density at radius 1 is 1.20 bits per heavy atom. The highest BCUT2D eigenvalue weighted by Gasteiger charge is 2.21. The van der Waals surface area contributed by atoms with Crippen LogP contribution in [0.15, 0.2) is 4.79 Å². The number of carbonyl (C=O) groups excluding carboxylic acids is 1. The summed E-state index contributed by atoms with van der Waals surface area (Å²) >= 11 is 0. The summed E-state index contributed by atoms with van der Waals surface area (Å²) in [6.07, 6.45) is 9.05. The third kappa shape index (κ3) is 4.51. The maximum Gasteiger partial charge on any atom is 0.346 e. The highest BCUT2D eigenvalue weighted by Crippen LogP contribution is 2.18. The number of likely N-dealkylation sites (tertiary alicyclic amines) is 1. The average molecular weight is 349 g/mol. The van der Waals surface area contributed by atoms with E-state index in [4.69, 9.17) is 0 Å². The predicted octanol–water partition coefficient (Wildman–Crippen LogP) is 1.15. The van der Waals surface area contributed by atoms with Gasteiger partial charge in [-0.1, -0.05) is 19.8 Å². The largest absolute Gasteiger partial charge is 0.353 e. The second-order valence-electron chi connectivity index (χ2n) is 7.26. The number of hydrogen-bond acceptors (Lipinski definition) is 4. The van der Waals surface area contributed by atoms with Gasteiger partial charge in [0.15, 0.2) is 0 Å². The topological polar surface area (TPSA) is 72.2 Å². The van der Waals surface area contributed by atoms with Gasteiger partial charge in [0.2, 0.25) is 5.91 Å². The van der Waals surface area contributed by atoms with Crippen molar-refractivity contribution in [2.24, 2.45) is 0 Å². The second kappa shape index (κ2) is 8.65. The molecule has 1 amide bonds. The number of carbonyl (C=O) groups is 1. The first-order chi connectivity index (χ1) is 12.2. The van der Waals surface area contributed by atoms with Gasteiger partial charge in [0, 0.05) is 32.1 Å². The lowest BCUT2D eigenvalue weighted by Crippen LogP contribution is -2.44. The molecule has 0 saturated carbocycles. The lowest BCUT2D eigenvalue weighted by molar-refractivity contribution is -0.122. The lowest BCUT2D eigenvalue weighted by atomic mass is 10.0. The molecule has 0 radical (unpaired) electrons. The molecule has 0 bridgehead atoms. The molecule has 1 N–H and O–H groups in total. The average Bonchev–Trinajstić information content (AvgIpc) is 2.79. The Labute approximate surface area is 149 Å². The number of hydrogen-bond donors (Lipinski definition) is 1. The standard InChI is InChI=1S/C18H31N5O2/c1-2-15-8-5-7-11-21(15)13-10-19-17(24)14-23-18(25)22-12-6-3-4-9-16(22)20-23/h15H,2-14H2,1H3,(H,19,24)/t15-/m0/s1. The van der Waals surface area contributed by atoms with Crippen LogP contribution in [-0.2, 0) is 24.3 Å². The number of fused-ring (bicyclic) bond motifs is 1. The molecule has 2 aliphatic rings. The summed E-state index contributed by atoms with van der Waals surface area (Å²) in [6, 6.07) is 0.650. The van der Waals surface area contributed by atoms with Crippen LogP contribution in [0.4, 0.5) is 0 Å². The quantitative estimate of drug-likeness (QED) is 0.836. The smallest absolute Gasteiger partial charge is 0.346 e. The zero-order valence-corrected chi connectivity index (χ0v) is 15.4. The van der Waals surface area contributed by atoms with Crippen molar-refractivity contribution in [3.8, 4) is 0 Å². The van der Waals surface area contributed by atoms with Gasteiger partial charge in [-0.2, -0.15) is 5.10 Å². The molecule has 2 aliphatic heterocycles. The molecule has 0 aromatic carbocycles. The molecule has 1 aromatic rings. The molecule has 0 unspecified atom stereocenters. The lowest BCUT2D eigenvalue weighted by Gasteiger charge is -2.35. The zero-order valence-electron chi connectivity index (χ0n) is 15.4. The molecule has 3 heterocycles. The van der Waals surface area contributed by atoms with E-state index in [1.807, 2.05) is 0 Å². The van der Waals surface area contributed by atoms with Crippen molar-refractivity contribution in [2.75, 3.05) is 19.6 Å². The highest BCUT2D eigenvalue weighted by molar-refractivity contribution is 5.75. The highest BCUT2D eigenvalue weighted by atomic mass is 16.2. The minimum Gasteiger partial charge on any atom is -0.353 e. The van der Waals surface area contributed by atoms with Gasteiger partial charge in [0.1, 0.15) is 12.4 Å².